The Balaban J connectivity index is 0.000000229. The molecule has 1 aromatic carbocycles. The van der Waals surface area contributed by atoms with Crippen LogP contribution in [0.25, 0.3) is 0 Å². The first kappa shape index (κ1) is 18.3. The molecule has 2 fully saturated rings. The van der Waals surface area contributed by atoms with Crippen molar-refractivity contribution in [3.05, 3.63) is 30.3 Å². The topological polar surface area (TPSA) is 23.5 Å². The zero-order chi connectivity index (χ0) is 16.2. The number of benzene rings is 1. The zero-order valence-electron chi connectivity index (χ0n) is 14.8. The van der Waals surface area contributed by atoms with Gasteiger partial charge in [-0.2, -0.15) is 0 Å². The minimum Gasteiger partial charge on any atom is -0.508 e. The van der Waals surface area contributed by atoms with Gasteiger partial charge in [-0.25, -0.2) is 0 Å². The lowest BCUT2D eigenvalue weighted by atomic mass is 9.94. The highest BCUT2D eigenvalue weighted by atomic mass is 16.3. The summed E-state index contributed by atoms with van der Waals surface area (Å²) in [7, 11) is 0. The largest absolute Gasteiger partial charge is 0.508 e. The molecule has 0 atom stereocenters. The van der Waals surface area contributed by atoms with Gasteiger partial charge in [-0.3, -0.25) is 0 Å². The predicted molar refractivity (Wildman–Crippen MR) is 98.9 cm³/mol. The van der Waals surface area contributed by atoms with Gasteiger partial charge >= 0.3 is 0 Å². The van der Waals surface area contributed by atoms with Gasteiger partial charge in [0.15, 0.2) is 0 Å². The molecule has 1 saturated carbocycles. The predicted octanol–water partition coefficient (Wildman–Crippen LogP) is 5.76. The number of phenolic OH excluding ortho intramolecular Hbond substituents is 1. The molecule has 0 amide bonds. The molecule has 23 heavy (non-hydrogen) atoms. The molecule has 1 saturated heterocycles. The summed E-state index contributed by atoms with van der Waals surface area (Å²) in [4.78, 5) is 2.84. The Morgan fingerprint density at radius 1 is 0.652 bits per heavy atom. The van der Waals surface area contributed by atoms with Crippen molar-refractivity contribution < 1.29 is 5.11 Å². The summed E-state index contributed by atoms with van der Waals surface area (Å²) in [5.41, 5.74) is 0. The van der Waals surface area contributed by atoms with E-state index in [1.54, 1.807) is 24.3 Å². The summed E-state index contributed by atoms with van der Waals surface area (Å²) in [5, 5.41) is 8.63. The molecule has 2 nitrogen and oxygen atoms in total. The normalized spacial score (nSPS) is 21.9. The van der Waals surface area contributed by atoms with E-state index in [0.717, 1.165) is 6.04 Å². The van der Waals surface area contributed by atoms with Gasteiger partial charge in [0.05, 0.1) is 0 Å². The molecular weight excluding hydrogens is 282 g/mol. The fourth-order valence-electron chi connectivity index (χ4n) is 3.86. The number of rotatable bonds is 1. The van der Waals surface area contributed by atoms with Crippen LogP contribution in [0.5, 0.6) is 5.75 Å². The Morgan fingerprint density at radius 2 is 1.13 bits per heavy atom. The molecule has 1 N–H and O–H groups in total. The van der Waals surface area contributed by atoms with Crippen molar-refractivity contribution in [1.29, 1.82) is 0 Å². The quantitative estimate of drug-likeness (QED) is 0.712. The van der Waals surface area contributed by atoms with Gasteiger partial charge in [0.1, 0.15) is 5.75 Å². The Hall–Kier alpha value is -1.02. The second-order valence-electron chi connectivity index (χ2n) is 7.14. The van der Waals surface area contributed by atoms with Crippen molar-refractivity contribution in [1.82, 2.24) is 4.90 Å². The maximum Gasteiger partial charge on any atom is 0.115 e. The van der Waals surface area contributed by atoms with Gasteiger partial charge in [-0.05, 0) is 50.9 Å². The van der Waals surface area contributed by atoms with Crippen LogP contribution in [-0.2, 0) is 0 Å². The average Bonchev–Trinajstić information content (AvgIpc) is 2.49. The van der Waals surface area contributed by atoms with Crippen LogP contribution in [0.1, 0.15) is 77.0 Å². The van der Waals surface area contributed by atoms with Crippen LogP contribution in [0, 0.1) is 0 Å². The van der Waals surface area contributed by atoms with Crippen molar-refractivity contribution in [2.75, 3.05) is 13.1 Å². The fourth-order valence-corrected chi connectivity index (χ4v) is 3.86. The molecule has 0 radical (unpaired) electrons. The molecule has 1 aliphatic carbocycles. The highest BCUT2D eigenvalue weighted by Gasteiger charge is 2.19. The van der Waals surface area contributed by atoms with E-state index in [1.807, 2.05) is 6.07 Å². The van der Waals surface area contributed by atoms with Crippen LogP contribution in [0.3, 0.4) is 0 Å². The molecule has 1 aromatic rings. The Kier molecular flexibility index (Phi) is 9.16. The first-order valence-corrected chi connectivity index (χ1v) is 9.84. The fraction of sp³-hybridized carbons (Fsp3) is 0.714. The molecule has 0 spiro atoms. The van der Waals surface area contributed by atoms with Crippen molar-refractivity contribution in [3.8, 4) is 5.75 Å². The van der Waals surface area contributed by atoms with Crippen molar-refractivity contribution in [2.45, 2.75) is 83.1 Å². The number of phenols is 1. The summed E-state index contributed by atoms with van der Waals surface area (Å²) in [5.74, 6) is 0.322. The van der Waals surface area contributed by atoms with Crippen LogP contribution in [0.4, 0.5) is 0 Å². The number of nitrogens with zero attached hydrogens (tertiary/aromatic N) is 1. The van der Waals surface area contributed by atoms with Gasteiger partial charge in [0.2, 0.25) is 0 Å². The molecule has 2 aliphatic rings. The van der Waals surface area contributed by atoms with E-state index in [9.17, 15) is 0 Å². The molecule has 3 rings (SSSR count). The molecule has 1 aliphatic heterocycles. The average molecular weight is 318 g/mol. The number of likely N-dealkylation sites (tertiary alicyclic amines) is 1. The Morgan fingerprint density at radius 3 is 1.61 bits per heavy atom. The highest BCUT2D eigenvalue weighted by molar-refractivity contribution is 5.18. The Bertz CT molecular complexity index is 356. The van der Waals surface area contributed by atoms with E-state index < -0.39 is 0 Å². The third-order valence-electron chi connectivity index (χ3n) is 5.24. The standard InChI is InChI=1S/C15H29N.C6H6O/c1-3-7-11-15(12-8-4-1)16-13-9-5-2-6-10-14-16;7-6-4-2-1-3-5-6/h15H,1-14H2;1-5,7H. The lowest BCUT2D eigenvalue weighted by Gasteiger charge is -2.34. The van der Waals surface area contributed by atoms with Crippen molar-refractivity contribution in [2.24, 2.45) is 0 Å². The Labute approximate surface area is 142 Å². The molecular formula is C21H35NO. The first-order chi connectivity index (χ1) is 11.4. The maximum absolute atomic E-state index is 8.63. The van der Waals surface area contributed by atoms with Crippen molar-refractivity contribution >= 4 is 0 Å². The zero-order valence-corrected chi connectivity index (χ0v) is 14.8. The minimum atomic E-state index is 0.322. The first-order valence-electron chi connectivity index (χ1n) is 9.84. The molecule has 0 aromatic heterocycles. The summed E-state index contributed by atoms with van der Waals surface area (Å²) >= 11 is 0. The molecule has 0 bridgehead atoms. The third kappa shape index (κ3) is 7.87. The summed E-state index contributed by atoms with van der Waals surface area (Å²) in [6, 6.07) is 9.66. The van der Waals surface area contributed by atoms with Gasteiger partial charge < -0.3 is 10.0 Å². The minimum absolute atomic E-state index is 0.322. The van der Waals surface area contributed by atoms with Crippen LogP contribution >= 0.6 is 0 Å². The molecule has 130 valence electrons. The summed E-state index contributed by atoms with van der Waals surface area (Å²) in [6.45, 7) is 2.79. The molecule has 0 unspecified atom stereocenters. The van der Waals surface area contributed by atoms with E-state index in [4.69, 9.17) is 5.11 Å². The highest BCUT2D eigenvalue weighted by Crippen LogP contribution is 2.23. The van der Waals surface area contributed by atoms with E-state index >= 15 is 0 Å². The van der Waals surface area contributed by atoms with Crippen LogP contribution in [0.2, 0.25) is 0 Å². The number of aromatic hydroxyl groups is 1. The van der Waals surface area contributed by atoms with Crippen LogP contribution < -0.4 is 0 Å². The second kappa shape index (κ2) is 11.5. The van der Waals surface area contributed by atoms with Crippen LogP contribution in [0.15, 0.2) is 30.3 Å². The summed E-state index contributed by atoms with van der Waals surface area (Å²) in [6.07, 6.45) is 17.8. The maximum atomic E-state index is 8.63. The lowest BCUT2D eigenvalue weighted by molar-refractivity contribution is 0.152. The van der Waals surface area contributed by atoms with Gasteiger partial charge in [-0.1, -0.05) is 69.6 Å². The SMILES string of the molecule is C1CCCC(N2CCCCCCC2)CCC1.Oc1ccccc1. The summed E-state index contributed by atoms with van der Waals surface area (Å²) < 4.78 is 0. The monoisotopic (exact) mass is 317 g/mol. The lowest BCUT2D eigenvalue weighted by Crippen LogP contribution is -2.38. The van der Waals surface area contributed by atoms with Gasteiger partial charge in [0.25, 0.3) is 0 Å². The number of para-hydroxylation sites is 1. The van der Waals surface area contributed by atoms with E-state index in [1.165, 1.54) is 90.1 Å². The van der Waals surface area contributed by atoms with Crippen LogP contribution in [-0.4, -0.2) is 29.1 Å². The molecule has 1 heterocycles. The smallest absolute Gasteiger partial charge is 0.115 e. The third-order valence-corrected chi connectivity index (χ3v) is 5.24. The van der Waals surface area contributed by atoms with E-state index in [-0.39, 0.29) is 0 Å². The van der Waals surface area contributed by atoms with Crippen molar-refractivity contribution in [3.63, 3.8) is 0 Å². The number of hydrogen-bond acceptors (Lipinski definition) is 2. The van der Waals surface area contributed by atoms with Gasteiger partial charge in [-0.15, -0.1) is 0 Å². The number of hydrogen-bond donors (Lipinski definition) is 1. The molecule has 2 heteroatoms. The van der Waals surface area contributed by atoms with E-state index in [0.29, 0.717) is 5.75 Å². The second-order valence-corrected chi connectivity index (χ2v) is 7.14. The van der Waals surface area contributed by atoms with E-state index in [2.05, 4.69) is 4.90 Å². The van der Waals surface area contributed by atoms with Gasteiger partial charge in [0, 0.05) is 6.04 Å².